The summed E-state index contributed by atoms with van der Waals surface area (Å²) >= 11 is 8.06. The fourth-order valence-corrected chi connectivity index (χ4v) is 12.6. The van der Waals surface area contributed by atoms with Gasteiger partial charge in [0.25, 0.3) is 11.8 Å². The van der Waals surface area contributed by atoms with Gasteiger partial charge in [0.2, 0.25) is 23.6 Å². The molecule has 0 radical (unpaired) electrons. The smallest absolute Gasteiger partial charge is 0.407 e. The van der Waals surface area contributed by atoms with Gasteiger partial charge in [-0.2, -0.15) is 0 Å². The van der Waals surface area contributed by atoms with E-state index in [4.69, 9.17) is 35.5 Å². The molecule has 4 aliphatic heterocycles. The Hall–Kier alpha value is -7.14. The molecule has 1 saturated heterocycles. The van der Waals surface area contributed by atoms with Gasteiger partial charge < -0.3 is 39.8 Å². The number of imide groups is 2. The first-order valence-corrected chi connectivity index (χ1v) is 31.2. The molecule has 4 aliphatic rings. The van der Waals surface area contributed by atoms with Crippen LogP contribution in [0.3, 0.4) is 0 Å². The van der Waals surface area contributed by atoms with Crippen molar-refractivity contribution in [1.82, 2.24) is 35.2 Å². The van der Waals surface area contributed by atoms with Crippen LogP contribution in [0.25, 0.3) is 0 Å². The van der Waals surface area contributed by atoms with Crippen LogP contribution in [-0.2, 0) is 33.4 Å². The predicted octanol–water partition coefficient (Wildman–Crippen LogP) is 10.1. The summed E-state index contributed by atoms with van der Waals surface area (Å²) in [5.41, 5.74) is 3.92. The topological polar surface area (TPSA) is 254 Å². The normalized spacial score (nSPS) is 18.2. The molecule has 0 spiro atoms. The Bertz CT molecular complexity index is 3130. The van der Waals surface area contributed by atoms with Gasteiger partial charge in [-0.3, -0.25) is 48.5 Å². The van der Waals surface area contributed by atoms with Crippen molar-refractivity contribution in [3.63, 3.8) is 0 Å². The van der Waals surface area contributed by atoms with E-state index in [1.54, 1.807) is 59.1 Å². The molecule has 86 heavy (non-hydrogen) atoms. The summed E-state index contributed by atoms with van der Waals surface area (Å²) in [7, 11) is 0. The van der Waals surface area contributed by atoms with Crippen LogP contribution >= 0.6 is 23.4 Å². The number of nitrogens with one attached hydrogen (secondary N) is 4. The number of fused-ring (bicyclic) bond motifs is 4. The molecule has 4 N–H and O–H groups in total. The first kappa shape index (κ1) is 64.8. The van der Waals surface area contributed by atoms with E-state index in [2.05, 4.69) is 49.9 Å². The number of piperidine rings is 1. The van der Waals surface area contributed by atoms with Crippen molar-refractivity contribution in [3.8, 4) is 5.75 Å². The van der Waals surface area contributed by atoms with E-state index >= 15 is 0 Å². The minimum absolute atomic E-state index is 0.00867. The van der Waals surface area contributed by atoms with Crippen LogP contribution in [0.1, 0.15) is 167 Å². The monoisotopic (exact) mass is 1220 g/mol. The number of aromatic nitrogens is 3. The van der Waals surface area contributed by atoms with Gasteiger partial charge >= 0.3 is 6.09 Å². The molecule has 8 rings (SSSR count). The van der Waals surface area contributed by atoms with Gasteiger partial charge in [0.15, 0.2) is 5.82 Å². The van der Waals surface area contributed by atoms with Crippen LogP contribution in [-0.4, -0.2) is 143 Å². The lowest BCUT2D eigenvalue weighted by Crippen LogP contribution is -2.54. The Labute approximate surface area is 512 Å². The molecule has 0 saturated carbocycles. The number of nitrogens with zero attached hydrogens (tertiary/aromatic N) is 6. The van der Waals surface area contributed by atoms with Crippen LogP contribution in [0.5, 0.6) is 5.75 Å². The number of benzene rings is 3. The van der Waals surface area contributed by atoms with Gasteiger partial charge in [-0.15, -0.1) is 22.0 Å². The number of unbranched alkanes of at least 4 members (excludes halogenated alkanes) is 8. The summed E-state index contributed by atoms with van der Waals surface area (Å²) in [5.74, 6) is -0.539. The van der Waals surface area contributed by atoms with Crippen molar-refractivity contribution in [1.29, 1.82) is 0 Å². The molecule has 4 aromatic rings. The quantitative estimate of drug-likeness (QED) is 0.0270. The Balaban J connectivity index is 0.770. The molecule has 3 unspecified atom stereocenters. The van der Waals surface area contributed by atoms with Gasteiger partial charge in [-0.1, -0.05) is 80.3 Å². The highest BCUT2D eigenvalue weighted by atomic mass is 35.5. The lowest BCUT2D eigenvalue weighted by atomic mass is 9.90. The van der Waals surface area contributed by atoms with Gasteiger partial charge in [-0.05, 0) is 120 Å². The highest BCUT2D eigenvalue weighted by molar-refractivity contribution is 8.03. The highest BCUT2D eigenvalue weighted by Crippen LogP contribution is 2.53. The minimum atomic E-state index is -1.07. The highest BCUT2D eigenvalue weighted by Gasteiger charge is 2.46. The minimum Gasteiger partial charge on any atom is -0.491 e. The van der Waals surface area contributed by atoms with Crippen molar-refractivity contribution < 1.29 is 52.5 Å². The van der Waals surface area contributed by atoms with E-state index in [-0.39, 0.29) is 92.6 Å². The number of carbonyl (C=O) groups excluding carboxylic acids is 7. The zero-order valence-corrected chi connectivity index (χ0v) is 51.7. The summed E-state index contributed by atoms with van der Waals surface area (Å²) in [6, 6.07) is 18.0. The number of amides is 7. The zero-order valence-electron chi connectivity index (χ0n) is 50.2. The van der Waals surface area contributed by atoms with E-state index in [1.807, 2.05) is 52.0 Å². The van der Waals surface area contributed by atoms with E-state index in [0.717, 1.165) is 79.8 Å². The van der Waals surface area contributed by atoms with Crippen LogP contribution < -0.4 is 26.0 Å². The average molecular weight is 1220 g/mol. The maximum absolute atomic E-state index is 13.7. The second kappa shape index (κ2) is 31.0. The summed E-state index contributed by atoms with van der Waals surface area (Å²) in [6.45, 7) is 14.6. The number of aryl methyl sites for hydroxylation is 1. The summed E-state index contributed by atoms with van der Waals surface area (Å²) in [4.78, 5) is 99.6. The Morgan fingerprint density at radius 2 is 1.48 bits per heavy atom. The lowest BCUT2D eigenvalue weighted by molar-refractivity contribution is -0.136. The molecule has 0 aliphatic carbocycles. The number of anilines is 2. The number of aliphatic imine (C=N–C) groups is 1. The predicted molar refractivity (Wildman–Crippen MR) is 329 cm³/mol. The first-order valence-electron chi connectivity index (χ1n) is 30.0. The Morgan fingerprint density at radius 1 is 0.791 bits per heavy atom. The average Bonchev–Trinajstić information content (AvgIpc) is 1.82. The molecule has 462 valence electrons. The number of rotatable bonds is 31. The molecule has 5 heterocycles. The number of carbonyl (C=O) groups is 7. The standard InChI is InChI=1S/C63H81ClN10O11S/c1-40-41(2)86-61-54(40)56(43-20-22-44(64)23-21-43)68-49(57-71-70-42(3)73(57)61)39-52(76)67-45-24-26-46(27-25-45)84-38-37-83-36-33-72(53(77)19-14-12-10-8-7-9-11-13-15-30-66-62(81)85-63(4,5)6)32-35-82-34-31-65-48-18-16-17-47-55(48)60(80)74(59(47)79)50-28-29-51(75)69-58(50)78/h16-18,20-27,49-50,54,61,65H,7-15,19,28-39H2,1-6H3,(H,66,81)(H,67,76)(H,69,75,78)/t49-,50?,54?,61?/m0/s1. The molecule has 1 fully saturated rings. The van der Waals surface area contributed by atoms with E-state index < -0.39 is 41.3 Å². The third-order valence-corrected chi connectivity index (χ3v) is 17.1. The van der Waals surface area contributed by atoms with Gasteiger partial charge in [0.05, 0.1) is 61.0 Å². The SMILES string of the molecule is CC1=C(C)C2C(c3ccc(Cl)cc3)=N[C@@H](CC(=O)Nc3ccc(OCCOCCN(CCOCCNc4cccc5c4C(=O)N(C4CCC(=O)NC4=O)C5=O)C(=O)CCCCCCCCCCCNC(=O)OC(C)(C)C)cc3)c3nnc(C)n3C2S1. The van der Waals surface area contributed by atoms with Gasteiger partial charge in [0.1, 0.15) is 35.9 Å². The van der Waals surface area contributed by atoms with E-state index in [0.29, 0.717) is 60.6 Å². The van der Waals surface area contributed by atoms with Crippen LogP contribution in [0, 0.1) is 12.8 Å². The second-order valence-corrected chi connectivity index (χ2v) is 24.7. The van der Waals surface area contributed by atoms with Gasteiger partial charge in [-0.25, -0.2) is 4.79 Å². The van der Waals surface area contributed by atoms with Gasteiger partial charge in [0, 0.05) is 55.4 Å². The third kappa shape index (κ3) is 17.5. The van der Waals surface area contributed by atoms with Crippen molar-refractivity contribution in [3.05, 3.63) is 111 Å². The molecular weight excluding hydrogens is 1140 g/mol. The molecule has 0 bridgehead atoms. The van der Waals surface area contributed by atoms with E-state index in [9.17, 15) is 33.6 Å². The fourth-order valence-electron chi connectivity index (χ4n) is 10.9. The third-order valence-electron chi connectivity index (χ3n) is 15.4. The number of hydrogen-bond donors (Lipinski definition) is 4. The molecular formula is C63H81ClN10O11S. The van der Waals surface area contributed by atoms with Crippen molar-refractivity contribution >= 4 is 82.0 Å². The zero-order chi connectivity index (χ0) is 61.3. The molecule has 1 aromatic heterocycles. The summed E-state index contributed by atoms with van der Waals surface area (Å²) in [5, 5.41) is 20.8. The number of thioether (sulfide) groups is 1. The Kier molecular flexibility index (Phi) is 23.4. The fraction of sp³-hybridized carbons (Fsp3) is 0.524. The van der Waals surface area contributed by atoms with Crippen LogP contribution in [0.15, 0.2) is 82.2 Å². The first-order chi connectivity index (χ1) is 41.4. The lowest BCUT2D eigenvalue weighted by Gasteiger charge is -2.27. The molecule has 23 heteroatoms. The number of allylic oxidation sites excluding steroid dienone is 2. The molecule has 7 amide bonds. The maximum Gasteiger partial charge on any atom is 0.407 e. The number of hydrogen-bond acceptors (Lipinski definition) is 16. The summed E-state index contributed by atoms with van der Waals surface area (Å²) < 4.78 is 25.3. The number of ether oxygens (including phenoxy) is 4. The summed E-state index contributed by atoms with van der Waals surface area (Å²) in [6.07, 6.45) is 9.28. The Morgan fingerprint density at radius 3 is 2.17 bits per heavy atom. The van der Waals surface area contributed by atoms with Crippen molar-refractivity contribution in [2.24, 2.45) is 10.9 Å². The van der Waals surface area contributed by atoms with Crippen molar-refractivity contribution in [2.45, 2.75) is 148 Å². The maximum atomic E-state index is 13.7. The second-order valence-electron chi connectivity index (χ2n) is 22.9. The molecule has 4 atom stereocenters. The largest absolute Gasteiger partial charge is 0.491 e. The number of halogens is 1. The molecule has 3 aromatic carbocycles. The molecule has 21 nitrogen and oxygen atoms in total. The number of alkyl carbamates (subject to hydrolysis) is 1. The van der Waals surface area contributed by atoms with Crippen LogP contribution in [0.2, 0.25) is 5.02 Å². The van der Waals surface area contributed by atoms with Crippen molar-refractivity contribution in [2.75, 3.05) is 69.8 Å². The van der Waals surface area contributed by atoms with E-state index in [1.165, 1.54) is 10.5 Å². The van der Waals surface area contributed by atoms with Crippen LogP contribution in [0.4, 0.5) is 16.2 Å².